The van der Waals surface area contributed by atoms with Crippen LogP contribution in [0.25, 0.3) is 89.7 Å². The predicted octanol–water partition coefficient (Wildman–Crippen LogP) is 15.5. The van der Waals surface area contributed by atoms with Gasteiger partial charge in [0.1, 0.15) is 46.6 Å². The summed E-state index contributed by atoms with van der Waals surface area (Å²) < 4.78 is 39.1. The number of nitrogens with zero attached hydrogens (tertiary/aromatic N) is 24. The van der Waals surface area contributed by atoms with Crippen molar-refractivity contribution in [2.45, 2.75) is 68.6 Å². The number of pyridine rings is 4. The topological polar surface area (TPSA) is 162 Å². The molecule has 0 amide bonds. The van der Waals surface area contributed by atoms with Crippen LogP contribution >= 0.6 is 0 Å². The van der Waals surface area contributed by atoms with E-state index >= 15 is 0 Å². The van der Waals surface area contributed by atoms with Gasteiger partial charge in [0, 0.05) is 47.5 Å². The van der Waals surface area contributed by atoms with Gasteiger partial charge in [0.15, 0.2) is 0 Å². The van der Waals surface area contributed by atoms with Crippen molar-refractivity contribution in [1.29, 1.82) is 0 Å². The lowest BCUT2D eigenvalue weighted by Gasteiger charge is -2.56. The molecule has 4 fully saturated rings. The van der Waals surface area contributed by atoms with Crippen LogP contribution in [0.3, 0.4) is 0 Å². The maximum atomic E-state index is 5.17. The molecule has 8 aliphatic rings. The molecule has 10 aromatic carbocycles. The van der Waals surface area contributed by atoms with Crippen molar-refractivity contribution in [3.8, 4) is 45.6 Å². The third-order valence-corrected chi connectivity index (χ3v) is 29.1. The molecule has 26 rings (SSSR count). The molecule has 8 aliphatic heterocycles. The Kier molecular flexibility index (Phi) is 21.0. The van der Waals surface area contributed by atoms with Gasteiger partial charge in [0.05, 0.1) is 66.4 Å². The fourth-order valence-electron chi connectivity index (χ4n) is 23.0. The molecule has 0 atom stereocenters. The first-order chi connectivity index (χ1) is 65.4. The van der Waals surface area contributed by atoms with Crippen molar-refractivity contribution in [3.63, 3.8) is 0 Å². The van der Waals surface area contributed by atoms with E-state index in [1.807, 2.05) is 55.1 Å². The van der Waals surface area contributed by atoms with E-state index in [9.17, 15) is 0 Å². The lowest BCUT2D eigenvalue weighted by atomic mass is 9.42. The van der Waals surface area contributed by atoms with Crippen LogP contribution in [0.5, 0.6) is 0 Å². The first kappa shape index (κ1) is 84.0. The Morgan fingerprint density at radius 3 is 0.918 bits per heavy atom. The van der Waals surface area contributed by atoms with Crippen molar-refractivity contribution in [3.05, 3.63) is 350 Å². The van der Waals surface area contributed by atoms with Crippen LogP contribution < -0.4 is 48.7 Å². The molecule has 0 unspecified atom stereocenters. The van der Waals surface area contributed by atoms with E-state index in [-0.39, 0.29) is 77.3 Å². The summed E-state index contributed by atoms with van der Waals surface area (Å²) in [6.07, 6.45) is 7.56. The zero-order chi connectivity index (χ0) is 91.3. The minimum Gasteiger partial charge on any atom is -0.425 e. The molecule has 134 heavy (non-hydrogen) atoms. The SMILES string of the molecule is CB1N(C)B(C)N2B(N1C)n1c(nc3ccccc31)-c1cccnc12.CB1N(c2ccccc2)B(C)N2B(N1c1ccccc1)n1c(nc3ccccc31)-c1cccnc12.CB1N2B(N(c3c(C)cccc3C)B(C)N1c1c(C)cccc1C)n1c(nc3ccccc31)-c1cccnc12.CN1B(c2ccccc2)N(C)B2N(B1c1ccccc1)c1ncccc1-c1nc3ccccc3n12. The average Bonchev–Trinajstić information content (AvgIpc) is 1.38. The van der Waals surface area contributed by atoms with Gasteiger partial charge in [-0.15, -0.1) is 0 Å². The number of hydrogen-bond donors (Lipinski definition) is 0. The second-order valence-electron chi connectivity index (χ2n) is 36.5. The van der Waals surface area contributed by atoms with Crippen LogP contribution in [0, 0.1) is 27.7 Å². The molecule has 644 valence electrons. The maximum Gasteiger partial charge on any atom is 0.488 e. The molecule has 8 aromatic heterocycles. The van der Waals surface area contributed by atoms with E-state index in [1.54, 1.807) is 0 Å². The highest BCUT2D eigenvalue weighted by Gasteiger charge is 2.61. The fourth-order valence-corrected chi connectivity index (χ4v) is 23.0. The number of anilines is 8. The standard InChI is InChI=1S/C30H31B3N6.2C26H23B3N6.C16H19B3N6/c1-20-12-9-13-21(2)27(20)37-31(5)38(28-22(3)14-10-15-23(28)4)33-36-26-18-8-7-17-25(26)35-30(36)24-16-11-19-34-29(24)39(33)32(37)6;1-32-27(20-12-5-3-6-13-20)33(2)29-34-24-18-10-9-17-23(24)31-26(34)22-16-11-19-30-25(22)35(29)28(32)21-14-7-4-8-15-21;1-27-33(20-12-5-3-6-13-20)28(2)35-25-22(16-11-19-30-25)26-31-23-17-9-10-18-24(23)32(26)29(35)34(27)21-14-7-4-8-15-21;1-17-22(3)18(2)25-15-12(8-7-11-20-15)16-21-13-9-5-6-10-14(13)24(16)19(25)23(17)4/h7-19H,1-6H3;2*3-19H,1-2H3;5-11H,1-4H3. The van der Waals surface area contributed by atoms with Gasteiger partial charge in [-0.1, -0.05) is 196 Å². The van der Waals surface area contributed by atoms with Gasteiger partial charge in [-0.3, -0.25) is 0 Å². The molecule has 16 heterocycles. The summed E-state index contributed by atoms with van der Waals surface area (Å²) in [4.78, 5) is 39.9. The summed E-state index contributed by atoms with van der Waals surface area (Å²) in [5, 5.41) is 0. The van der Waals surface area contributed by atoms with Crippen LogP contribution in [0.15, 0.2) is 328 Å². The second kappa shape index (κ2) is 33.5. The Bertz CT molecular complexity index is 7470. The highest BCUT2D eigenvalue weighted by Crippen LogP contribution is 2.49. The van der Waals surface area contributed by atoms with Crippen molar-refractivity contribution in [2.24, 2.45) is 0 Å². The molecule has 0 saturated carbocycles. The van der Waals surface area contributed by atoms with Gasteiger partial charge in [-0.05, 0) is 238 Å². The normalized spacial score (nSPS) is 15.6. The number of aryl methyl sites for hydroxylation is 4. The summed E-state index contributed by atoms with van der Waals surface area (Å²) in [6.45, 7) is 23.4. The van der Waals surface area contributed by atoms with E-state index in [0.717, 1.165) is 119 Å². The summed E-state index contributed by atoms with van der Waals surface area (Å²) in [7, 11) is 8.47. The fraction of sp³-hybridized carbons (Fsp3) is 0.143. The molecule has 0 radical (unpaired) electrons. The second-order valence-corrected chi connectivity index (χ2v) is 36.5. The van der Waals surface area contributed by atoms with Gasteiger partial charge in [0.2, 0.25) is 0 Å². The molecular formula is C98H96B12N24. The Labute approximate surface area is 787 Å². The number of aromatic nitrogens is 12. The molecule has 0 bridgehead atoms. The van der Waals surface area contributed by atoms with Crippen molar-refractivity contribution in [1.82, 2.24) is 76.7 Å². The molecule has 0 spiro atoms. The Balaban J connectivity index is 0.000000102. The largest absolute Gasteiger partial charge is 0.488 e. The monoisotopic (exact) mass is 1740 g/mol. The number of fused-ring (bicyclic) bond motifs is 32. The molecule has 36 heteroatoms. The van der Waals surface area contributed by atoms with Crippen LogP contribution in [0.4, 0.5) is 46.0 Å². The number of hydrogen-bond acceptors (Lipinski definition) is 20. The van der Waals surface area contributed by atoms with Gasteiger partial charge in [-0.25, -0.2) is 39.9 Å². The number of benzene rings is 10. The van der Waals surface area contributed by atoms with E-state index in [4.69, 9.17) is 39.9 Å². The molecule has 4 saturated heterocycles. The zero-order valence-corrected chi connectivity index (χ0v) is 77.8. The minimum absolute atomic E-state index is 0.0226. The smallest absolute Gasteiger partial charge is 0.425 e. The first-order valence-electron chi connectivity index (χ1n) is 46.6. The van der Waals surface area contributed by atoms with Crippen molar-refractivity contribution in [2.75, 3.05) is 66.0 Å². The first-order valence-corrected chi connectivity index (χ1v) is 46.6. The Morgan fingerprint density at radius 2 is 0.515 bits per heavy atom. The highest BCUT2D eigenvalue weighted by molar-refractivity contribution is 7.06. The number of rotatable bonds is 6. The van der Waals surface area contributed by atoms with E-state index < -0.39 is 0 Å². The van der Waals surface area contributed by atoms with Crippen molar-refractivity contribution >= 4 is 185 Å². The molecule has 0 aliphatic carbocycles. The lowest BCUT2D eigenvalue weighted by molar-refractivity contribution is 0.632. The maximum absolute atomic E-state index is 5.17. The minimum atomic E-state index is -0.139. The third-order valence-electron chi connectivity index (χ3n) is 29.1. The summed E-state index contributed by atoms with van der Waals surface area (Å²) >= 11 is 0. The van der Waals surface area contributed by atoms with E-state index in [1.165, 1.54) is 50.2 Å². The molecule has 24 nitrogen and oxygen atoms in total. The Morgan fingerprint density at radius 1 is 0.216 bits per heavy atom. The van der Waals surface area contributed by atoms with Gasteiger partial charge >= 0.3 is 77.3 Å². The molecular weight excluding hydrogens is 1640 g/mol. The van der Waals surface area contributed by atoms with Crippen molar-refractivity contribution < 1.29 is 0 Å². The number of imidazole rings is 4. The summed E-state index contributed by atoms with van der Waals surface area (Å²) in [6, 6.07) is 106. The van der Waals surface area contributed by atoms with Crippen LogP contribution in [-0.4, -0.2) is 189 Å². The van der Waals surface area contributed by atoms with Gasteiger partial charge < -0.3 is 74.6 Å². The lowest BCUT2D eigenvalue weighted by Crippen LogP contribution is -2.83. The number of para-hydroxylation sites is 12. The summed E-state index contributed by atoms with van der Waals surface area (Å²) in [5.41, 5.74) is 25.3. The molecule has 0 N–H and O–H groups in total. The van der Waals surface area contributed by atoms with E-state index in [0.29, 0.717) is 6.98 Å². The summed E-state index contributed by atoms with van der Waals surface area (Å²) in [5.74, 6) is 7.79. The van der Waals surface area contributed by atoms with Crippen LogP contribution in [0.1, 0.15) is 22.3 Å². The van der Waals surface area contributed by atoms with Gasteiger partial charge in [-0.2, -0.15) is 0 Å². The van der Waals surface area contributed by atoms with E-state index in [2.05, 4.69) is 444 Å². The average molecular weight is 1740 g/mol. The quantitative estimate of drug-likeness (QED) is 0.144. The zero-order valence-electron chi connectivity index (χ0n) is 77.8. The molecule has 18 aromatic rings. The predicted molar refractivity (Wildman–Crippen MR) is 565 cm³/mol. The van der Waals surface area contributed by atoms with Crippen LogP contribution in [-0.2, 0) is 0 Å². The van der Waals surface area contributed by atoms with Crippen LogP contribution in [0.2, 0.25) is 40.9 Å². The Hall–Kier alpha value is -14.3. The third kappa shape index (κ3) is 13.1. The highest BCUT2D eigenvalue weighted by atomic mass is 15.4. The van der Waals surface area contributed by atoms with Gasteiger partial charge in [0.25, 0.3) is 6.98 Å².